The first-order valence-electron chi connectivity index (χ1n) is 6.07. The van der Waals surface area contributed by atoms with Crippen LogP contribution in [-0.4, -0.2) is 10.6 Å². The van der Waals surface area contributed by atoms with E-state index in [4.69, 9.17) is 5.73 Å². The molecule has 0 aromatic heterocycles. The van der Waals surface area contributed by atoms with Crippen molar-refractivity contribution in [1.82, 2.24) is 0 Å². The predicted molar refractivity (Wildman–Crippen MR) is 66.3 cm³/mol. The molecule has 1 atom stereocenters. The molecule has 2 heteroatoms. The molecule has 88 valence electrons. The van der Waals surface area contributed by atoms with Gasteiger partial charge in [-0.3, -0.25) is 0 Å². The van der Waals surface area contributed by atoms with Gasteiger partial charge in [-0.15, -0.1) is 0 Å². The van der Waals surface area contributed by atoms with Gasteiger partial charge in [-0.05, 0) is 56.2 Å². The lowest BCUT2D eigenvalue weighted by atomic mass is 9.86. The maximum Gasteiger partial charge on any atom is 0.0964 e. The normalized spacial score (nSPS) is 18.0. The van der Waals surface area contributed by atoms with Crippen LogP contribution < -0.4 is 5.73 Å². The Hall–Kier alpha value is -0.860. The van der Waals surface area contributed by atoms with Crippen molar-refractivity contribution in [2.75, 3.05) is 0 Å². The van der Waals surface area contributed by atoms with Crippen molar-refractivity contribution in [3.8, 4) is 0 Å². The summed E-state index contributed by atoms with van der Waals surface area (Å²) in [7, 11) is 0. The smallest absolute Gasteiger partial charge is 0.0964 e. The van der Waals surface area contributed by atoms with Crippen LogP contribution in [-0.2, 0) is 12.8 Å². The fourth-order valence-electron chi connectivity index (χ4n) is 2.35. The number of rotatable bonds is 2. The summed E-state index contributed by atoms with van der Waals surface area (Å²) in [5.41, 5.74) is 9.15. The molecule has 16 heavy (non-hydrogen) atoms. The van der Waals surface area contributed by atoms with E-state index in [9.17, 15) is 5.11 Å². The van der Waals surface area contributed by atoms with Crippen molar-refractivity contribution in [3.63, 3.8) is 0 Å². The first-order chi connectivity index (χ1) is 7.48. The van der Waals surface area contributed by atoms with Gasteiger partial charge in [-0.25, -0.2) is 0 Å². The van der Waals surface area contributed by atoms with E-state index in [0.717, 1.165) is 12.0 Å². The Labute approximate surface area is 97.5 Å². The molecule has 0 amide bonds. The average molecular weight is 219 g/mol. The zero-order valence-corrected chi connectivity index (χ0v) is 10.2. The number of benzene rings is 1. The molecule has 1 aromatic carbocycles. The standard InChI is InChI=1S/C14H21NO/c1-14(2,15)13(16)12-8-7-10-5-3-4-6-11(10)9-12/h7-9,13,16H,3-6,15H2,1-2H3. The molecule has 0 radical (unpaired) electrons. The molecule has 0 fully saturated rings. The van der Waals surface area contributed by atoms with Crippen molar-refractivity contribution in [2.24, 2.45) is 5.73 Å². The van der Waals surface area contributed by atoms with E-state index in [1.807, 2.05) is 19.9 Å². The minimum Gasteiger partial charge on any atom is -0.387 e. The Morgan fingerprint density at radius 2 is 1.81 bits per heavy atom. The van der Waals surface area contributed by atoms with Gasteiger partial charge >= 0.3 is 0 Å². The van der Waals surface area contributed by atoms with Crippen LogP contribution in [0.15, 0.2) is 18.2 Å². The van der Waals surface area contributed by atoms with E-state index in [1.54, 1.807) is 0 Å². The molecule has 0 bridgehead atoms. The Kier molecular flexibility index (Phi) is 3.04. The van der Waals surface area contributed by atoms with E-state index in [2.05, 4.69) is 12.1 Å². The van der Waals surface area contributed by atoms with E-state index in [1.165, 1.54) is 30.4 Å². The van der Waals surface area contributed by atoms with Crippen LogP contribution in [0.5, 0.6) is 0 Å². The summed E-state index contributed by atoms with van der Waals surface area (Å²) in [5.74, 6) is 0. The fraction of sp³-hybridized carbons (Fsp3) is 0.571. The largest absolute Gasteiger partial charge is 0.387 e. The van der Waals surface area contributed by atoms with Crippen molar-refractivity contribution in [3.05, 3.63) is 34.9 Å². The lowest BCUT2D eigenvalue weighted by Crippen LogP contribution is -2.39. The number of aliphatic hydroxyl groups excluding tert-OH is 1. The monoisotopic (exact) mass is 219 g/mol. The third-order valence-electron chi connectivity index (χ3n) is 3.39. The number of hydrogen-bond donors (Lipinski definition) is 2. The maximum absolute atomic E-state index is 10.1. The first kappa shape index (κ1) is 11.6. The highest BCUT2D eigenvalue weighted by molar-refractivity contribution is 5.35. The number of fused-ring (bicyclic) bond motifs is 1. The van der Waals surface area contributed by atoms with Crippen molar-refractivity contribution < 1.29 is 5.11 Å². The summed E-state index contributed by atoms with van der Waals surface area (Å²) in [6, 6.07) is 6.30. The third-order valence-corrected chi connectivity index (χ3v) is 3.39. The lowest BCUT2D eigenvalue weighted by molar-refractivity contribution is 0.104. The van der Waals surface area contributed by atoms with Crippen molar-refractivity contribution in [2.45, 2.75) is 51.2 Å². The topological polar surface area (TPSA) is 46.2 Å². The molecule has 1 aliphatic carbocycles. The van der Waals surface area contributed by atoms with Gasteiger partial charge in [-0.1, -0.05) is 18.2 Å². The average Bonchev–Trinajstić information content (AvgIpc) is 2.26. The molecular formula is C14H21NO. The van der Waals surface area contributed by atoms with E-state index < -0.39 is 11.6 Å². The SMILES string of the molecule is CC(C)(N)C(O)c1ccc2c(c1)CCCC2. The van der Waals surface area contributed by atoms with Gasteiger partial charge < -0.3 is 10.8 Å². The Bertz CT molecular complexity index is 379. The molecule has 0 spiro atoms. The first-order valence-corrected chi connectivity index (χ1v) is 6.07. The minimum absolute atomic E-state index is 0.580. The van der Waals surface area contributed by atoms with Gasteiger partial charge in [0.05, 0.1) is 6.10 Å². The summed E-state index contributed by atoms with van der Waals surface area (Å²) in [6.07, 6.45) is 4.29. The van der Waals surface area contributed by atoms with E-state index in [-0.39, 0.29) is 0 Å². The third kappa shape index (κ3) is 2.28. The lowest BCUT2D eigenvalue weighted by Gasteiger charge is -2.27. The molecule has 3 N–H and O–H groups in total. The highest BCUT2D eigenvalue weighted by atomic mass is 16.3. The molecule has 1 unspecified atom stereocenters. The van der Waals surface area contributed by atoms with Crippen molar-refractivity contribution in [1.29, 1.82) is 0 Å². The quantitative estimate of drug-likeness (QED) is 0.802. The molecule has 2 rings (SSSR count). The highest BCUT2D eigenvalue weighted by Crippen LogP contribution is 2.28. The van der Waals surface area contributed by atoms with Gasteiger partial charge in [0.2, 0.25) is 0 Å². The Morgan fingerprint density at radius 1 is 1.19 bits per heavy atom. The van der Waals surface area contributed by atoms with Gasteiger partial charge in [0.1, 0.15) is 0 Å². The minimum atomic E-state index is -0.584. The molecule has 1 aliphatic rings. The molecule has 0 saturated carbocycles. The number of nitrogens with two attached hydrogens (primary N) is 1. The number of hydrogen-bond acceptors (Lipinski definition) is 2. The van der Waals surface area contributed by atoms with Crippen LogP contribution in [0.4, 0.5) is 0 Å². The fourth-order valence-corrected chi connectivity index (χ4v) is 2.35. The molecule has 0 aliphatic heterocycles. The van der Waals surface area contributed by atoms with Crippen LogP contribution in [0.2, 0.25) is 0 Å². The second-order valence-corrected chi connectivity index (χ2v) is 5.46. The maximum atomic E-state index is 10.1. The zero-order valence-electron chi connectivity index (χ0n) is 10.2. The number of aryl methyl sites for hydroxylation is 2. The van der Waals surface area contributed by atoms with Gasteiger partial charge in [0.25, 0.3) is 0 Å². The van der Waals surface area contributed by atoms with E-state index in [0.29, 0.717) is 0 Å². The summed E-state index contributed by atoms with van der Waals surface area (Å²) < 4.78 is 0. The summed E-state index contributed by atoms with van der Waals surface area (Å²) >= 11 is 0. The Morgan fingerprint density at radius 3 is 2.44 bits per heavy atom. The highest BCUT2D eigenvalue weighted by Gasteiger charge is 2.25. The molecular weight excluding hydrogens is 198 g/mol. The summed E-state index contributed by atoms with van der Waals surface area (Å²) in [5, 5.41) is 10.1. The van der Waals surface area contributed by atoms with Gasteiger partial charge in [0.15, 0.2) is 0 Å². The molecule has 1 aromatic rings. The van der Waals surface area contributed by atoms with Gasteiger partial charge in [0, 0.05) is 5.54 Å². The molecule has 0 heterocycles. The van der Waals surface area contributed by atoms with Crippen LogP contribution in [0, 0.1) is 0 Å². The van der Waals surface area contributed by atoms with Crippen LogP contribution in [0.3, 0.4) is 0 Å². The Balaban J connectivity index is 2.30. The predicted octanol–water partition coefficient (Wildman–Crippen LogP) is 2.34. The summed E-state index contributed by atoms with van der Waals surface area (Å²) in [6.45, 7) is 3.72. The van der Waals surface area contributed by atoms with E-state index >= 15 is 0 Å². The van der Waals surface area contributed by atoms with Gasteiger partial charge in [-0.2, -0.15) is 0 Å². The van der Waals surface area contributed by atoms with Crippen molar-refractivity contribution >= 4 is 0 Å². The van der Waals surface area contributed by atoms with Crippen LogP contribution in [0.25, 0.3) is 0 Å². The zero-order chi connectivity index (χ0) is 11.8. The second-order valence-electron chi connectivity index (χ2n) is 5.46. The molecule has 2 nitrogen and oxygen atoms in total. The summed E-state index contributed by atoms with van der Waals surface area (Å²) in [4.78, 5) is 0. The number of aliphatic hydroxyl groups is 1. The van der Waals surface area contributed by atoms with Crippen LogP contribution >= 0.6 is 0 Å². The molecule has 0 saturated heterocycles. The van der Waals surface area contributed by atoms with Crippen LogP contribution in [0.1, 0.15) is 49.5 Å². The second kappa shape index (κ2) is 4.19.